The molecule has 130 valence electrons. The van der Waals surface area contributed by atoms with Gasteiger partial charge in [0, 0.05) is 17.3 Å². The van der Waals surface area contributed by atoms with E-state index in [9.17, 15) is 14.0 Å². The lowest BCUT2D eigenvalue weighted by molar-refractivity contribution is -0.119. The SMILES string of the molecule is CC(Cc1ccc(F)cc1)C(=O)Nc1ccc(N2CCOC2=O)cc1. The molecule has 0 radical (unpaired) electrons. The maximum absolute atomic E-state index is 12.9. The summed E-state index contributed by atoms with van der Waals surface area (Å²) in [4.78, 5) is 25.4. The highest BCUT2D eigenvalue weighted by Crippen LogP contribution is 2.21. The van der Waals surface area contributed by atoms with Gasteiger partial charge in [-0.25, -0.2) is 9.18 Å². The van der Waals surface area contributed by atoms with Crippen LogP contribution in [0.1, 0.15) is 12.5 Å². The number of halogens is 1. The zero-order chi connectivity index (χ0) is 17.8. The van der Waals surface area contributed by atoms with Gasteiger partial charge in [0.05, 0.1) is 6.54 Å². The number of anilines is 2. The van der Waals surface area contributed by atoms with E-state index in [1.165, 1.54) is 12.1 Å². The summed E-state index contributed by atoms with van der Waals surface area (Å²) in [6.07, 6.45) is 0.175. The van der Waals surface area contributed by atoms with Gasteiger partial charge in [-0.1, -0.05) is 19.1 Å². The maximum Gasteiger partial charge on any atom is 0.414 e. The Kier molecular flexibility index (Phi) is 4.97. The average molecular weight is 342 g/mol. The number of hydrogen-bond donors (Lipinski definition) is 1. The van der Waals surface area contributed by atoms with Gasteiger partial charge in [-0.3, -0.25) is 9.69 Å². The molecule has 1 atom stereocenters. The van der Waals surface area contributed by atoms with Crippen LogP contribution in [0.4, 0.5) is 20.6 Å². The number of benzene rings is 2. The molecule has 1 N–H and O–H groups in total. The molecule has 6 heteroatoms. The van der Waals surface area contributed by atoms with E-state index in [0.29, 0.717) is 25.3 Å². The first-order valence-corrected chi connectivity index (χ1v) is 8.12. The fourth-order valence-corrected chi connectivity index (χ4v) is 2.68. The first-order chi connectivity index (χ1) is 12.0. The Balaban J connectivity index is 1.58. The number of rotatable bonds is 5. The van der Waals surface area contributed by atoms with Crippen molar-refractivity contribution in [1.82, 2.24) is 0 Å². The molecule has 2 aromatic carbocycles. The Bertz CT molecular complexity index is 759. The van der Waals surface area contributed by atoms with Crippen LogP contribution in [-0.2, 0) is 16.0 Å². The molecule has 5 nitrogen and oxygen atoms in total. The van der Waals surface area contributed by atoms with Crippen molar-refractivity contribution in [3.63, 3.8) is 0 Å². The fraction of sp³-hybridized carbons (Fsp3) is 0.263. The predicted molar refractivity (Wildman–Crippen MR) is 93.0 cm³/mol. The van der Waals surface area contributed by atoms with Gasteiger partial charge in [0.15, 0.2) is 0 Å². The van der Waals surface area contributed by atoms with E-state index in [2.05, 4.69) is 5.32 Å². The number of nitrogens with one attached hydrogen (secondary N) is 1. The van der Waals surface area contributed by atoms with Crippen LogP contribution in [0.3, 0.4) is 0 Å². The van der Waals surface area contributed by atoms with Crippen LogP contribution in [0.5, 0.6) is 0 Å². The van der Waals surface area contributed by atoms with Crippen molar-refractivity contribution in [3.05, 3.63) is 59.9 Å². The topological polar surface area (TPSA) is 58.6 Å². The minimum Gasteiger partial charge on any atom is -0.447 e. The third-order valence-electron chi connectivity index (χ3n) is 4.11. The van der Waals surface area contributed by atoms with Crippen LogP contribution < -0.4 is 10.2 Å². The van der Waals surface area contributed by atoms with Crippen LogP contribution in [0.15, 0.2) is 48.5 Å². The van der Waals surface area contributed by atoms with E-state index in [1.807, 2.05) is 6.92 Å². The monoisotopic (exact) mass is 342 g/mol. The molecule has 2 aromatic rings. The highest BCUT2D eigenvalue weighted by atomic mass is 19.1. The zero-order valence-corrected chi connectivity index (χ0v) is 13.9. The van der Waals surface area contributed by atoms with Crippen LogP contribution in [0.25, 0.3) is 0 Å². The second-order valence-corrected chi connectivity index (χ2v) is 6.03. The van der Waals surface area contributed by atoms with Crippen LogP contribution in [0.2, 0.25) is 0 Å². The fourth-order valence-electron chi connectivity index (χ4n) is 2.68. The third-order valence-corrected chi connectivity index (χ3v) is 4.11. The van der Waals surface area contributed by atoms with E-state index in [-0.39, 0.29) is 23.7 Å². The maximum atomic E-state index is 12.9. The summed E-state index contributed by atoms with van der Waals surface area (Å²) in [7, 11) is 0. The molecule has 1 aliphatic rings. The quantitative estimate of drug-likeness (QED) is 0.903. The molecule has 1 aliphatic heterocycles. The van der Waals surface area contributed by atoms with E-state index in [4.69, 9.17) is 4.74 Å². The van der Waals surface area contributed by atoms with Gasteiger partial charge in [0.25, 0.3) is 0 Å². The molecule has 2 amide bonds. The normalized spacial score (nSPS) is 15.0. The number of ether oxygens (including phenoxy) is 1. The summed E-state index contributed by atoms with van der Waals surface area (Å²) < 4.78 is 17.8. The Hall–Kier alpha value is -2.89. The highest BCUT2D eigenvalue weighted by molar-refractivity contribution is 5.93. The Labute approximate surface area is 145 Å². The Morgan fingerprint density at radius 3 is 2.48 bits per heavy atom. The van der Waals surface area contributed by atoms with Crippen molar-refractivity contribution in [2.24, 2.45) is 5.92 Å². The Morgan fingerprint density at radius 2 is 1.88 bits per heavy atom. The van der Waals surface area contributed by atoms with Crippen LogP contribution >= 0.6 is 0 Å². The summed E-state index contributed by atoms with van der Waals surface area (Å²) in [5.41, 5.74) is 2.30. The number of nitrogens with zero attached hydrogens (tertiary/aromatic N) is 1. The summed E-state index contributed by atoms with van der Waals surface area (Å²) in [5, 5.41) is 2.85. The van der Waals surface area contributed by atoms with Crippen molar-refractivity contribution < 1.29 is 18.7 Å². The van der Waals surface area contributed by atoms with Gasteiger partial charge < -0.3 is 10.1 Å². The molecule has 25 heavy (non-hydrogen) atoms. The molecular formula is C19H19FN2O3. The van der Waals surface area contributed by atoms with Gasteiger partial charge >= 0.3 is 6.09 Å². The van der Waals surface area contributed by atoms with E-state index < -0.39 is 0 Å². The van der Waals surface area contributed by atoms with E-state index in [0.717, 1.165) is 11.3 Å². The average Bonchev–Trinajstić information content (AvgIpc) is 3.03. The number of carbonyl (C=O) groups excluding carboxylic acids is 2. The second kappa shape index (κ2) is 7.34. The first kappa shape index (κ1) is 17.0. The number of cyclic esters (lactones) is 1. The molecule has 0 saturated carbocycles. The minimum absolute atomic E-state index is 0.113. The minimum atomic E-state index is -0.357. The van der Waals surface area contributed by atoms with Gasteiger partial charge in [0.2, 0.25) is 5.91 Å². The first-order valence-electron chi connectivity index (χ1n) is 8.12. The summed E-state index contributed by atoms with van der Waals surface area (Å²) >= 11 is 0. The molecule has 1 unspecified atom stereocenters. The molecule has 1 fully saturated rings. The standard InChI is InChI=1S/C19H19FN2O3/c1-13(12-14-2-4-15(20)5-3-14)18(23)21-16-6-8-17(9-7-16)22-10-11-25-19(22)24/h2-9,13H,10-12H2,1H3,(H,21,23). The molecular weight excluding hydrogens is 323 g/mol. The lowest BCUT2D eigenvalue weighted by atomic mass is 10.0. The van der Waals surface area contributed by atoms with Crippen molar-refractivity contribution in [3.8, 4) is 0 Å². The number of amides is 2. The molecule has 3 rings (SSSR count). The third kappa shape index (κ3) is 4.15. The molecule has 0 spiro atoms. The molecule has 0 aliphatic carbocycles. The summed E-state index contributed by atoms with van der Waals surface area (Å²) in [6, 6.07) is 13.2. The van der Waals surface area contributed by atoms with Crippen LogP contribution in [-0.4, -0.2) is 25.2 Å². The van der Waals surface area contributed by atoms with Crippen molar-refractivity contribution >= 4 is 23.4 Å². The van der Waals surface area contributed by atoms with Gasteiger partial charge in [-0.05, 0) is 48.4 Å². The van der Waals surface area contributed by atoms with Gasteiger partial charge in [0.1, 0.15) is 12.4 Å². The van der Waals surface area contributed by atoms with E-state index >= 15 is 0 Å². The largest absolute Gasteiger partial charge is 0.447 e. The Morgan fingerprint density at radius 1 is 1.20 bits per heavy atom. The van der Waals surface area contributed by atoms with Crippen molar-refractivity contribution in [1.29, 1.82) is 0 Å². The lowest BCUT2D eigenvalue weighted by Gasteiger charge is -2.15. The number of carbonyl (C=O) groups is 2. The second-order valence-electron chi connectivity index (χ2n) is 6.03. The van der Waals surface area contributed by atoms with Gasteiger partial charge in [-0.2, -0.15) is 0 Å². The van der Waals surface area contributed by atoms with Gasteiger partial charge in [-0.15, -0.1) is 0 Å². The molecule has 0 bridgehead atoms. The predicted octanol–water partition coefficient (Wildman–Crippen LogP) is 3.60. The van der Waals surface area contributed by atoms with Crippen molar-refractivity contribution in [2.45, 2.75) is 13.3 Å². The molecule has 0 aromatic heterocycles. The smallest absolute Gasteiger partial charge is 0.414 e. The lowest BCUT2D eigenvalue weighted by Crippen LogP contribution is -2.24. The van der Waals surface area contributed by atoms with Crippen LogP contribution in [0, 0.1) is 11.7 Å². The number of hydrogen-bond acceptors (Lipinski definition) is 3. The molecule has 1 heterocycles. The van der Waals surface area contributed by atoms with Crippen molar-refractivity contribution in [2.75, 3.05) is 23.4 Å². The summed E-state index contributed by atoms with van der Waals surface area (Å²) in [5.74, 6) is -0.654. The summed E-state index contributed by atoms with van der Waals surface area (Å²) in [6.45, 7) is 2.74. The van der Waals surface area contributed by atoms with E-state index in [1.54, 1.807) is 41.3 Å². The highest BCUT2D eigenvalue weighted by Gasteiger charge is 2.23. The zero-order valence-electron chi connectivity index (χ0n) is 13.9. The molecule has 1 saturated heterocycles.